The van der Waals surface area contributed by atoms with Crippen molar-refractivity contribution in [3.05, 3.63) is 93.8 Å². The molecule has 4 N–H and O–H groups in total. The second kappa shape index (κ2) is 10.2. The molecule has 1 aliphatic heterocycles. The number of allylic oxidation sites excluding steroid dienone is 4. The van der Waals surface area contributed by atoms with Gasteiger partial charge in [0.2, 0.25) is 11.1 Å². The lowest BCUT2D eigenvalue weighted by molar-refractivity contribution is -0.433. The van der Waals surface area contributed by atoms with Gasteiger partial charge in [0.15, 0.2) is 0 Å². The average molecular weight is 482 g/mol. The van der Waals surface area contributed by atoms with Crippen LogP contribution in [0.4, 0.5) is 0 Å². The molecule has 3 aromatic rings. The summed E-state index contributed by atoms with van der Waals surface area (Å²) in [4.78, 5) is 7.67. The fourth-order valence-corrected chi connectivity index (χ4v) is 6.47. The lowest BCUT2D eigenvalue weighted by Crippen LogP contribution is -2.74. The van der Waals surface area contributed by atoms with Gasteiger partial charge in [-0.3, -0.25) is 0 Å². The molecule has 36 heavy (non-hydrogen) atoms. The summed E-state index contributed by atoms with van der Waals surface area (Å²) in [5, 5.41) is 10.7. The SMILES string of the molecule is CNCCC1=c2ccccc2=[NH+]/C1=C\[C@@H]1[C@@H](c2[nH]c3ccccc3c2CCNC)C=C(C)CC1(C)C. The molecule has 0 radical (unpaired) electrons. The first kappa shape index (κ1) is 24.7. The fourth-order valence-electron chi connectivity index (χ4n) is 6.47. The molecule has 0 amide bonds. The number of hydrogen-bond donors (Lipinski definition) is 4. The summed E-state index contributed by atoms with van der Waals surface area (Å²) in [6.45, 7) is 9.14. The van der Waals surface area contributed by atoms with E-state index in [4.69, 9.17) is 0 Å². The highest BCUT2D eigenvalue weighted by Crippen LogP contribution is 2.49. The standard InChI is InChI=1S/C32H40N4/c1-21-18-26(31-25(15-17-34-5)23-11-7-9-13-29(23)36-31)27(32(2,3)20-21)19-30-24(14-16-33-4)22-10-6-8-12-28(22)35-30/h6-13,18-19,26-27,33-34,36H,14-17,20H2,1-5H3/p+1/b30-19-/t26-,27+/m0/s1. The molecule has 188 valence electrons. The maximum absolute atomic E-state index is 3.88. The zero-order chi connectivity index (χ0) is 25.3. The van der Waals surface area contributed by atoms with Gasteiger partial charge in [0.25, 0.3) is 0 Å². The normalized spacial score (nSPS) is 22.1. The Kier molecular flexibility index (Phi) is 7.00. The molecule has 0 saturated heterocycles. The number of para-hydroxylation sites is 2. The van der Waals surface area contributed by atoms with Crippen LogP contribution in [0.1, 0.15) is 50.8 Å². The lowest BCUT2D eigenvalue weighted by Gasteiger charge is -2.41. The number of fused-ring (bicyclic) bond motifs is 2. The monoisotopic (exact) mass is 481 g/mol. The summed E-state index contributed by atoms with van der Waals surface area (Å²) in [5.41, 5.74) is 8.42. The summed E-state index contributed by atoms with van der Waals surface area (Å²) in [6.07, 6.45) is 8.25. The number of benzene rings is 2. The average Bonchev–Trinajstić information content (AvgIpc) is 3.40. The van der Waals surface area contributed by atoms with Crippen LogP contribution in [0, 0.1) is 11.3 Å². The van der Waals surface area contributed by atoms with Crippen molar-refractivity contribution in [3.8, 4) is 0 Å². The van der Waals surface area contributed by atoms with Gasteiger partial charge in [-0.05, 0) is 82.6 Å². The maximum Gasteiger partial charge on any atom is 0.211 e. The zero-order valence-corrected chi connectivity index (χ0v) is 22.5. The predicted molar refractivity (Wildman–Crippen MR) is 150 cm³/mol. The maximum atomic E-state index is 3.88. The second-order valence-corrected chi connectivity index (χ2v) is 11.2. The Morgan fingerprint density at radius 2 is 1.72 bits per heavy atom. The Hall–Kier alpha value is -2.95. The van der Waals surface area contributed by atoms with Crippen LogP contribution in [-0.2, 0) is 6.42 Å². The third kappa shape index (κ3) is 4.60. The van der Waals surface area contributed by atoms with Crippen molar-refractivity contribution in [2.75, 3.05) is 27.2 Å². The van der Waals surface area contributed by atoms with E-state index in [-0.39, 0.29) is 5.41 Å². The van der Waals surface area contributed by atoms with Crippen LogP contribution in [-0.4, -0.2) is 32.2 Å². The van der Waals surface area contributed by atoms with Gasteiger partial charge in [-0.1, -0.05) is 55.8 Å². The molecule has 4 heteroatoms. The number of aromatic nitrogens is 1. The van der Waals surface area contributed by atoms with Crippen molar-refractivity contribution in [2.45, 2.75) is 46.0 Å². The van der Waals surface area contributed by atoms with E-state index in [1.54, 1.807) is 0 Å². The topological polar surface area (TPSA) is 53.8 Å². The van der Waals surface area contributed by atoms with Crippen molar-refractivity contribution in [2.24, 2.45) is 11.3 Å². The van der Waals surface area contributed by atoms with Gasteiger partial charge >= 0.3 is 0 Å². The quantitative estimate of drug-likeness (QED) is 0.374. The van der Waals surface area contributed by atoms with Crippen LogP contribution in [0.2, 0.25) is 0 Å². The molecule has 5 rings (SSSR count). The lowest BCUT2D eigenvalue weighted by atomic mass is 9.63. The Labute approximate surface area is 215 Å². The second-order valence-electron chi connectivity index (χ2n) is 11.2. The van der Waals surface area contributed by atoms with Crippen LogP contribution >= 0.6 is 0 Å². The minimum atomic E-state index is 0.138. The highest BCUT2D eigenvalue weighted by molar-refractivity contribution is 5.85. The summed E-state index contributed by atoms with van der Waals surface area (Å²) in [5.74, 6) is 0.667. The third-order valence-electron chi connectivity index (χ3n) is 8.11. The first-order valence-corrected chi connectivity index (χ1v) is 13.4. The molecule has 0 spiro atoms. The van der Waals surface area contributed by atoms with E-state index in [1.807, 2.05) is 14.1 Å². The van der Waals surface area contributed by atoms with Crippen LogP contribution in [0.3, 0.4) is 0 Å². The van der Waals surface area contributed by atoms with Crippen LogP contribution in [0.5, 0.6) is 0 Å². The number of hydrogen-bond acceptors (Lipinski definition) is 2. The molecule has 4 nitrogen and oxygen atoms in total. The molecule has 2 heterocycles. The van der Waals surface area contributed by atoms with E-state index in [0.29, 0.717) is 11.8 Å². The number of likely N-dealkylation sites (N-methyl/N-ethyl adjacent to an activating group) is 1. The molecular formula is C32H41N4+. The minimum absolute atomic E-state index is 0.138. The number of H-pyrrole nitrogens is 1. The van der Waals surface area contributed by atoms with Gasteiger partial charge in [-0.15, -0.1) is 0 Å². The first-order chi connectivity index (χ1) is 17.4. The highest BCUT2D eigenvalue weighted by Gasteiger charge is 2.40. The van der Waals surface area contributed by atoms with Gasteiger partial charge in [0.05, 0.1) is 5.22 Å². The van der Waals surface area contributed by atoms with Gasteiger partial charge in [0.1, 0.15) is 0 Å². The Bertz CT molecular complexity index is 1440. The van der Waals surface area contributed by atoms with Gasteiger partial charge < -0.3 is 15.6 Å². The van der Waals surface area contributed by atoms with E-state index in [2.05, 4.69) is 102 Å². The molecule has 2 atom stereocenters. The highest BCUT2D eigenvalue weighted by atomic mass is 14.8. The third-order valence-corrected chi connectivity index (χ3v) is 8.11. The molecule has 1 aliphatic carbocycles. The van der Waals surface area contributed by atoms with Crippen molar-refractivity contribution in [1.82, 2.24) is 15.6 Å². The predicted octanol–water partition coefficient (Wildman–Crippen LogP) is 3.06. The number of nitrogens with one attached hydrogen (secondary N) is 4. The largest absolute Gasteiger partial charge is 0.358 e. The Balaban J connectivity index is 1.67. The summed E-state index contributed by atoms with van der Waals surface area (Å²) < 4.78 is 0. The van der Waals surface area contributed by atoms with E-state index in [0.717, 1.165) is 32.4 Å². The van der Waals surface area contributed by atoms with Crippen molar-refractivity contribution >= 4 is 16.5 Å². The van der Waals surface area contributed by atoms with E-state index in [9.17, 15) is 0 Å². The summed E-state index contributed by atoms with van der Waals surface area (Å²) >= 11 is 0. The van der Waals surface area contributed by atoms with Gasteiger partial charge in [-0.2, -0.15) is 0 Å². The zero-order valence-electron chi connectivity index (χ0n) is 22.5. The smallest absolute Gasteiger partial charge is 0.211 e. The van der Waals surface area contributed by atoms with Gasteiger partial charge in [0, 0.05) is 40.1 Å². The molecule has 0 bridgehead atoms. The molecule has 0 saturated carbocycles. The van der Waals surface area contributed by atoms with Gasteiger partial charge in [-0.25, -0.2) is 4.99 Å². The van der Waals surface area contributed by atoms with Crippen molar-refractivity contribution in [1.29, 1.82) is 0 Å². The molecule has 1 aromatic heterocycles. The van der Waals surface area contributed by atoms with E-state index in [1.165, 1.54) is 49.6 Å². The fraction of sp³-hybridized carbons (Fsp3) is 0.406. The minimum Gasteiger partial charge on any atom is -0.358 e. The van der Waals surface area contributed by atoms with Crippen LogP contribution < -0.4 is 26.2 Å². The number of aromatic amines is 1. The van der Waals surface area contributed by atoms with Crippen molar-refractivity contribution in [3.63, 3.8) is 0 Å². The Morgan fingerprint density at radius 3 is 2.53 bits per heavy atom. The number of rotatable bonds is 8. The Morgan fingerprint density at radius 1 is 1.00 bits per heavy atom. The molecular weight excluding hydrogens is 440 g/mol. The van der Waals surface area contributed by atoms with E-state index >= 15 is 0 Å². The van der Waals surface area contributed by atoms with Crippen molar-refractivity contribution < 1.29 is 4.99 Å². The molecule has 2 aromatic carbocycles. The molecule has 2 aliphatic rings. The van der Waals surface area contributed by atoms with Crippen LogP contribution in [0.15, 0.2) is 72.0 Å². The summed E-state index contributed by atoms with van der Waals surface area (Å²) in [7, 11) is 4.08. The van der Waals surface area contributed by atoms with Crippen LogP contribution in [0.25, 0.3) is 16.5 Å². The summed E-state index contributed by atoms with van der Waals surface area (Å²) in [6, 6.07) is 17.5. The van der Waals surface area contributed by atoms with E-state index < -0.39 is 0 Å². The first-order valence-electron chi connectivity index (χ1n) is 13.4. The molecule has 0 unspecified atom stereocenters. The molecule has 0 fully saturated rings.